The highest BCUT2D eigenvalue weighted by molar-refractivity contribution is 9.10. The molecule has 0 unspecified atom stereocenters. The minimum Gasteiger partial charge on any atom is -0.294 e. The third-order valence-electron chi connectivity index (χ3n) is 3.52. The molecule has 21 heavy (non-hydrogen) atoms. The van der Waals surface area contributed by atoms with Gasteiger partial charge in [0.05, 0.1) is 22.3 Å². The van der Waals surface area contributed by atoms with Crippen molar-refractivity contribution in [1.29, 1.82) is 0 Å². The number of benzene rings is 1. The van der Waals surface area contributed by atoms with Gasteiger partial charge in [0, 0.05) is 17.1 Å². The van der Waals surface area contributed by atoms with Crippen molar-refractivity contribution in [2.45, 2.75) is 40.2 Å². The smallest absolute Gasteiger partial charge is 0.168 e. The summed E-state index contributed by atoms with van der Waals surface area (Å²) in [7, 11) is 0. The summed E-state index contributed by atoms with van der Waals surface area (Å²) < 4.78 is 2.83. The Hall–Kier alpha value is -1.13. The number of carbonyl (C=O) groups excluding carboxylic acids is 1. The quantitative estimate of drug-likeness (QED) is 0.721. The first-order valence-electron chi connectivity index (χ1n) is 7.01. The molecule has 1 heterocycles. The first kappa shape index (κ1) is 16.2. The highest BCUT2D eigenvalue weighted by Gasteiger charge is 2.18. The molecule has 3 nitrogen and oxygen atoms in total. The Morgan fingerprint density at radius 3 is 2.67 bits per heavy atom. The second-order valence-corrected chi connectivity index (χ2v) is 6.14. The lowest BCUT2D eigenvalue weighted by atomic mass is 10.0. The van der Waals surface area contributed by atoms with Crippen LogP contribution in [-0.4, -0.2) is 15.6 Å². The van der Waals surface area contributed by atoms with Crippen LogP contribution in [0.25, 0.3) is 0 Å². The van der Waals surface area contributed by atoms with Crippen molar-refractivity contribution in [3.8, 4) is 0 Å². The Bertz CT molecular complexity index is 679. The van der Waals surface area contributed by atoms with Gasteiger partial charge in [-0.2, -0.15) is 5.10 Å². The number of carbonyl (C=O) groups is 1. The number of rotatable bonds is 5. The molecule has 0 bridgehead atoms. The standard InChI is InChI=1S/C16H18BrClN2O/c1-4-13-16(17)14(20(5-2)19-13)9-15(21)11-7-6-10(3)12(18)8-11/h6-8H,4-5,9H2,1-3H3. The zero-order valence-corrected chi connectivity index (χ0v) is 14.8. The van der Waals surface area contributed by atoms with Crippen LogP contribution < -0.4 is 0 Å². The van der Waals surface area contributed by atoms with Crippen LogP contribution in [0, 0.1) is 6.92 Å². The van der Waals surface area contributed by atoms with Gasteiger partial charge in [0.1, 0.15) is 0 Å². The zero-order chi connectivity index (χ0) is 15.6. The molecule has 0 amide bonds. The molecule has 5 heteroatoms. The molecule has 0 radical (unpaired) electrons. The van der Waals surface area contributed by atoms with E-state index >= 15 is 0 Å². The summed E-state index contributed by atoms with van der Waals surface area (Å²) in [4.78, 5) is 12.5. The average molecular weight is 370 g/mol. The topological polar surface area (TPSA) is 34.9 Å². The van der Waals surface area contributed by atoms with Crippen LogP contribution in [0.2, 0.25) is 5.02 Å². The van der Waals surface area contributed by atoms with Gasteiger partial charge in [0.25, 0.3) is 0 Å². The van der Waals surface area contributed by atoms with Gasteiger partial charge in [-0.05, 0) is 47.8 Å². The molecule has 1 aromatic heterocycles. The van der Waals surface area contributed by atoms with Crippen molar-refractivity contribution in [2.24, 2.45) is 0 Å². The number of ketones is 1. The van der Waals surface area contributed by atoms with Crippen molar-refractivity contribution in [3.05, 3.63) is 50.2 Å². The van der Waals surface area contributed by atoms with E-state index in [-0.39, 0.29) is 5.78 Å². The fraction of sp³-hybridized carbons (Fsp3) is 0.375. The van der Waals surface area contributed by atoms with Crippen molar-refractivity contribution >= 4 is 33.3 Å². The summed E-state index contributed by atoms with van der Waals surface area (Å²) in [5, 5.41) is 5.14. The predicted molar refractivity (Wildman–Crippen MR) is 89.2 cm³/mol. The third-order valence-corrected chi connectivity index (χ3v) is 4.84. The lowest BCUT2D eigenvalue weighted by Crippen LogP contribution is -2.10. The van der Waals surface area contributed by atoms with Gasteiger partial charge < -0.3 is 0 Å². The van der Waals surface area contributed by atoms with Gasteiger partial charge in [0.2, 0.25) is 0 Å². The maximum absolute atomic E-state index is 12.5. The van der Waals surface area contributed by atoms with Crippen LogP contribution in [0.1, 0.15) is 41.2 Å². The molecule has 0 aliphatic carbocycles. The van der Waals surface area contributed by atoms with Crippen LogP contribution >= 0.6 is 27.5 Å². The molecule has 1 aromatic carbocycles. The molecular formula is C16H18BrClN2O. The summed E-state index contributed by atoms with van der Waals surface area (Å²) in [5.74, 6) is 0.0508. The number of Topliss-reactive ketones (excluding diaryl/α,β-unsaturated/α-hetero) is 1. The average Bonchev–Trinajstić information content (AvgIpc) is 2.78. The Balaban J connectivity index is 2.31. The highest BCUT2D eigenvalue weighted by Crippen LogP contribution is 2.24. The number of hydrogen-bond donors (Lipinski definition) is 0. The van der Waals surface area contributed by atoms with Gasteiger partial charge in [-0.25, -0.2) is 0 Å². The summed E-state index contributed by atoms with van der Waals surface area (Å²) in [6.45, 7) is 6.75. The summed E-state index contributed by atoms with van der Waals surface area (Å²) in [6, 6.07) is 5.44. The van der Waals surface area contributed by atoms with E-state index in [2.05, 4.69) is 28.0 Å². The van der Waals surface area contributed by atoms with Gasteiger partial charge in [-0.1, -0.05) is 30.7 Å². The zero-order valence-electron chi connectivity index (χ0n) is 12.4. The fourth-order valence-electron chi connectivity index (χ4n) is 2.21. The first-order valence-corrected chi connectivity index (χ1v) is 8.18. The summed E-state index contributed by atoms with van der Waals surface area (Å²) in [6.07, 6.45) is 1.16. The van der Waals surface area contributed by atoms with Gasteiger partial charge in [0.15, 0.2) is 5.78 Å². The molecule has 0 saturated carbocycles. The largest absolute Gasteiger partial charge is 0.294 e. The second kappa shape index (κ2) is 6.75. The minimum absolute atomic E-state index is 0.0508. The number of nitrogens with zero attached hydrogens (tertiary/aromatic N) is 2. The Morgan fingerprint density at radius 1 is 1.38 bits per heavy atom. The van der Waals surface area contributed by atoms with Crippen molar-refractivity contribution < 1.29 is 4.79 Å². The van der Waals surface area contributed by atoms with E-state index in [1.807, 2.05) is 30.7 Å². The number of aryl methyl sites for hydroxylation is 3. The monoisotopic (exact) mass is 368 g/mol. The molecule has 0 N–H and O–H groups in total. The van der Waals surface area contributed by atoms with Crippen LogP contribution in [-0.2, 0) is 19.4 Å². The van der Waals surface area contributed by atoms with Crippen LogP contribution in [0.15, 0.2) is 22.7 Å². The van der Waals surface area contributed by atoms with E-state index in [1.165, 1.54) is 0 Å². The summed E-state index contributed by atoms with van der Waals surface area (Å²) >= 11 is 9.67. The van der Waals surface area contributed by atoms with E-state index in [1.54, 1.807) is 6.07 Å². The lowest BCUT2D eigenvalue weighted by Gasteiger charge is -2.06. The van der Waals surface area contributed by atoms with Crippen LogP contribution in [0.4, 0.5) is 0 Å². The number of hydrogen-bond acceptors (Lipinski definition) is 2. The molecule has 0 saturated heterocycles. The lowest BCUT2D eigenvalue weighted by molar-refractivity contribution is 0.0990. The SMILES string of the molecule is CCc1nn(CC)c(CC(=O)c2ccc(C)c(Cl)c2)c1Br. The Morgan fingerprint density at radius 2 is 2.10 bits per heavy atom. The number of halogens is 2. The number of aromatic nitrogens is 2. The van der Waals surface area contributed by atoms with Crippen molar-refractivity contribution in [3.63, 3.8) is 0 Å². The first-order chi connectivity index (χ1) is 9.97. The summed E-state index contributed by atoms with van der Waals surface area (Å²) in [5.41, 5.74) is 3.53. The van der Waals surface area contributed by atoms with E-state index in [4.69, 9.17) is 11.6 Å². The maximum Gasteiger partial charge on any atom is 0.168 e. The van der Waals surface area contributed by atoms with Crippen LogP contribution in [0.5, 0.6) is 0 Å². The van der Waals surface area contributed by atoms with Crippen LogP contribution in [0.3, 0.4) is 0 Å². The molecule has 0 fully saturated rings. The molecule has 0 atom stereocenters. The van der Waals surface area contributed by atoms with E-state index in [9.17, 15) is 4.79 Å². The van der Waals surface area contributed by atoms with E-state index in [0.29, 0.717) is 17.0 Å². The Labute approximate surface area is 138 Å². The molecule has 2 rings (SSSR count). The molecule has 0 aliphatic rings. The van der Waals surface area contributed by atoms with E-state index in [0.717, 1.165) is 34.4 Å². The van der Waals surface area contributed by atoms with E-state index < -0.39 is 0 Å². The van der Waals surface area contributed by atoms with Crippen molar-refractivity contribution in [2.75, 3.05) is 0 Å². The molecule has 0 aliphatic heterocycles. The maximum atomic E-state index is 12.5. The normalized spacial score (nSPS) is 10.9. The van der Waals surface area contributed by atoms with Crippen molar-refractivity contribution in [1.82, 2.24) is 9.78 Å². The highest BCUT2D eigenvalue weighted by atomic mass is 79.9. The van der Waals surface area contributed by atoms with Gasteiger partial charge in [-0.15, -0.1) is 0 Å². The fourth-order valence-corrected chi connectivity index (χ4v) is 3.09. The molecule has 2 aromatic rings. The Kier molecular flexibility index (Phi) is 5.22. The predicted octanol–water partition coefficient (Wildman–Crippen LogP) is 4.62. The minimum atomic E-state index is 0.0508. The van der Waals surface area contributed by atoms with Gasteiger partial charge in [-0.3, -0.25) is 9.48 Å². The molecular weight excluding hydrogens is 352 g/mol. The third kappa shape index (κ3) is 3.38. The second-order valence-electron chi connectivity index (χ2n) is 4.94. The molecule has 0 spiro atoms. The molecule has 112 valence electrons. The van der Waals surface area contributed by atoms with Gasteiger partial charge >= 0.3 is 0 Å².